The van der Waals surface area contributed by atoms with E-state index in [4.69, 9.17) is 4.52 Å². The lowest BCUT2D eigenvalue weighted by molar-refractivity contribution is 0.354. The zero-order chi connectivity index (χ0) is 9.10. The molecule has 2 N–H and O–H groups in total. The molecule has 1 aliphatic rings. The van der Waals surface area contributed by atoms with E-state index in [0.717, 1.165) is 31.2 Å². The Morgan fingerprint density at radius 3 is 3.31 bits per heavy atom. The molecule has 0 radical (unpaired) electrons. The van der Waals surface area contributed by atoms with Crippen LogP contribution < -0.4 is 10.6 Å². The standard InChI is InChI=1S/C8H14N4O/c1-9-5-7-11-8(13-12-7)6-2-3-10-4-6/h6,9-10H,2-5H2,1H3. The van der Waals surface area contributed by atoms with Gasteiger partial charge in [0.2, 0.25) is 5.89 Å². The zero-order valence-electron chi connectivity index (χ0n) is 7.71. The third-order valence-corrected chi connectivity index (χ3v) is 2.23. The second kappa shape index (κ2) is 3.85. The average molecular weight is 182 g/mol. The van der Waals surface area contributed by atoms with E-state index < -0.39 is 0 Å². The van der Waals surface area contributed by atoms with Crippen LogP contribution in [0.3, 0.4) is 0 Å². The second-order valence-corrected chi connectivity index (χ2v) is 3.27. The Hall–Kier alpha value is -0.940. The van der Waals surface area contributed by atoms with Gasteiger partial charge in [-0.15, -0.1) is 0 Å². The summed E-state index contributed by atoms with van der Waals surface area (Å²) in [5.74, 6) is 1.93. The number of aromatic nitrogens is 2. The maximum atomic E-state index is 5.16. The molecule has 0 bridgehead atoms. The zero-order valence-corrected chi connectivity index (χ0v) is 7.71. The highest BCUT2D eigenvalue weighted by Crippen LogP contribution is 2.19. The van der Waals surface area contributed by atoms with Gasteiger partial charge in [-0.25, -0.2) is 0 Å². The lowest BCUT2D eigenvalue weighted by Gasteiger charge is -1.98. The number of rotatable bonds is 3. The Balaban J connectivity index is 2.03. The molecule has 1 aromatic heterocycles. The van der Waals surface area contributed by atoms with Crippen LogP contribution in [0.1, 0.15) is 24.1 Å². The van der Waals surface area contributed by atoms with Crippen LogP contribution in [-0.4, -0.2) is 30.3 Å². The minimum Gasteiger partial charge on any atom is -0.339 e. The van der Waals surface area contributed by atoms with E-state index in [0.29, 0.717) is 12.5 Å². The molecule has 5 heteroatoms. The summed E-state index contributed by atoms with van der Waals surface area (Å²) >= 11 is 0. The smallest absolute Gasteiger partial charge is 0.231 e. The van der Waals surface area contributed by atoms with Gasteiger partial charge in [-0.05, 0) is 20.0 Å². The Morgan fingerprint density at radius 1 is 1.69 bits per heavy atom. The first-order valence-electron chi connectivity index (χ1n) is 4.58. The minimum absolute atomic E-state index is 0.415. The van der Waals surface area contributed by atoms with E-state index in [9.17, 15) is 0 Å². The van der Waals surface area contributed by atoms with Crippen molar-refractivity contribution in [1.29, 1.82) is 0 Å². The van der Waals surface area contributed by atoms with Gasteiger partial charge >= 0.3 is 0 Å². The maximum Gasteiger partial charge on any atom is 0.231 e. The van der Waals surface area contributed by atoms with Crippen LogP contribution in [0, 0.1) is 0 Å². The average Bonchev–Trinajstić information content (AvgIpc) is 2.70. The van der Waals surface area contributed by atoms with Crippen molar-refractivity contribution in [2.24, 2.45) is 0 Å². The summed E-state index contributed by atoms with van der Waals surface area (Å²) in [5.41, 5.74) is 0. The number of hydrogen-bond acceptors (Lipinski definition) is 5. The van der Waals surface area contributed by atoms with Crippen molar-refractivity contribution in [2.75, 3.05) is 20.1 Å². The molecule has 72 valence electrons. The van der Waals surface area contributed by atoms with Crippen LogP contribution in [0.4, 0.5) is 0 Å². The van der Waals surface area contributed by atoms with E-state index in [2.05, 4.69) is 20.8 Å². The molecule has 1 fully saturated rings. The van der Waals surface area contributed by atoms with Crippen LogP contribution >= 0.6 is 0 Å². The van der Waals surface area contributed by atoms with Gasteiger partial charge in [0.15, 0.2) is 5.82 Å². The van der Waals surface area contributed by atoms with Crippen LogP contribution in [0.5, 0.6) is 0 Å². The molecule has 1 aromatic rings. The summed E-state index contributed by atoms with van der Waals surface area (Å²) in [7, 11) is 1.87. The summed E-state index contributed by atoms with van der Waals surface area (Å²) in [6, 6.07) is 0. The number of nitrogens with one attached hydrogen (secondary N) is 2. The Labute approximate surface area is 76.9 Å². The molecule has 1 unspecified atom stereocenters. The molecule has 0 amide bonds. The van der Waals surface area contributed by atoms with Gasteiger partial charge in [-0.1, -0.05) is 5.16 Å². The molecule has 1 saturated heterocycles. The molecule has 0 saturated carbocycles. The minimum atomic E-state index is 0.415. The number of nitrogens with zero attached hydrogens (tertiary/aromatic N) is 2. The van der Waals surface area contributed by atoms with E-state index in [1.807, 2.05) is 7.05 Å². The Bertz CT molecular complexity index is 267. The fourth-order valence-corrected chi connectivity index (χ4v) is 1.53. The first-order valence-corrected chi connectivity index (χ1v) is 4.58. The molecule has 0 aromatic carbocycles. The predicted molar refractivity (Wildman–Crippen MR) is 47.3 cm³/mol. The summed E-state index contributed by atoms with van der Waals surface area (Å²) in [6.07, 6.45) is 1.10. The Kier molecular flexibility index (Phi) is 2.56. The van der Waals surface area contributed by atoms with Crippen molar-refractivity contribution < 1.29 is 4.52 Å². The monoisotopic (exact) mass is 182 g/mol. The van der Waals surface area contributed by atoms with Gasteiger partial charge in [0.25, 0.3) is 0 Å². The van der Waals surface area contributed by atoms with Crippen molar-refractivity contribution >= 4 is 0 Å². The largest absolute Gasteiger partial charge is 0.339 e. The molecule has 1 atom stereocenters. The van der Waals surface area contributed by atoms with E-state index in [-0.39, 0.29) is 0 Å². The first kappa shape index (κ1) is 8.65. The number of hydrogen-bond donors (Lipinski definition) is 2. The fraction of sp³-hybridized carbons (Fsp3) is 0.750. The third kappa shape index (κ3) is 1.87. The van der Waals surface area contributed by atoms with E-state index >= 15 is 0 Å². The Morgan fingerprint density at radius 2 is 2.62 bits per heavy atom. The van der Waals surface area contributed by atoms with Gasteiger partial charge < -0.3 is 15.2 Å². The van der Waals surface area contributed by atoms with Gasteiger partial charge in [-0.3, -0.25) is 0 Å². The topological polar surface area (TPSA) is 63.0 Å². The van der Waals surface area contributed by atoms with Crippen molar-refractivity contribution in [2.45, 2.75) is 18.9 Å². The third-order valence-electron chi connectivity index (χ3n) is 2.23. The summed E-state index contributed by atoms with van der Waals surface area (Å²) in [4.78, 5) is 4.30. The highest BCUT2D eigenvalue weighted by atomic mass is 16.5. The summed E-state index contributed by atoms with van der Waals surface area (Å²) in [5, 5.41) is 10.1. The molecule has 2 heterocycles. The maximum absolute atomic E-state index is 5.16. The predicted octanol–water partition coefficient (Wildman–Crippen LogP) is -0.134. The van der Waals surface area contributed by atoms with Crippen molar-refractivity contribution in [3.63, 3.8) is 0 Å². The summed E-state index contributed by atoms with van der Waals surface area (Å²) < 4.78 is 5.16. The molecule has 0 spiro atoms. The second-order valence-electron chi connectivity index (χ2n) is 3.27. The molecule has 5 nitrogen and oxygen atoms in total. The van der Waals surface area contributed by atoms with E-state index in [1.54, 1.807) is 0 Å². The molecular formula is C8H14N4O. The molecule has 1 aliphatic heterocycles. The van der Waals surface area contributed by atoms with Crippen molar-refractivity contribution in [3.8, 4) is 0 Å². The highest BCUT2D eigenvalue weighted by Gasteiger charge is 2.22. The van der Waals surface area contributed by atoms with Crippen molar-refractivity contribution in [3.05, 3.63) is 11.7 Å². The lowest BCUT2D eigenvalue weighted by atomic mass is 10.1. The van der Waals surface area contributed by atoms with Gasteiger partial charge in [0.1, 0.15) is 0 Å². The van der Waals surface area contributed by atoms with Crippen LogP contribution in [-0.2, 0) is 6.54 Å². The summed E-state index contributed by atoms with van der Waals surface area (Å²) in [6.45, 7) is 2.68. The molecule has 13 heavy (non-hydrogen) atoms. The normalized spacial score (nSPS) is 22.4. The quantitative estimate of drug-likeness (QED) is 0.681. The van der Waals surface area contributed by atoms with Gasteiger partial charge in [-0.2, -0.15) is 4.98 Å². The fourth-order valence-electron chi connectivity index (χ4n) is 1.53. The SMILES string of the molecule is CNCc1noc(C2CCNC2)n1. The van der Waals surface area contributed by atoms with Crippen LogP contribution in [0.15, 0.2) is 4.52 Å². The van der Waals surface area contributed by atoms with Crippen molar-refractivity contribution in [1.82, 2.24) is 20.8 Å². The molecule has 2 rings (SSSR count). The van der Waals surface area contributed by atoms with Gasteiger partial charge in [0.05, 0.1) is 12.5 Å². The van der Waals surface area contributed by atoms with Crippen LogP contribution in [0.2, 0.25) is 0 Å². The lowest BCUT2D eigenvalue weighted by Crippen LogP contribution is -2.09. The molecular weight excluding hydrogens is 168 g/mol. The van der Waals surface area contributed by atoms with Crippen LogP contribution in [0.25, 0.3) is 0 Å². The highest BCUT2D eigenvalue weighted by molar-refractivity contribution is 4.97. The molecule has 0 aliphatic carbocycles. The first-order chi connectivity index (χ1) is 6.40. The van der Waals surface area contributed by atoms with E-state index in [1.165, 1.54) is 0 Å². The van der Waals surface area contributed by atoms with Gasteiger partial charge in [0, 0.05) is 6.54 Å².